The molecule has 0 fully saturated rings. The second kappa shape index (κ2) is 6.64. The molecule has 0 atom stereocenters. The van der Waals surface area contributed by atoms with Crippen LogP contribution in [0.3, 0.4) is 0 Å². The summed E-state index contributed by atoms with van der Waals surface area (Å²) in [7, 11) is 0. The first-order valence-electron chi connectivity index (χ1n) is 6.73. The highest BCUT2D eigenvalue weighted by atomic mass is 32.1. The van der Waals surface area contributed by atoms with Crippen molar-refractivity contribution in [2.45, 2.75) is 47.6 Å². The van der Waals surface area contributed by atoms with Crippen LogP contribution in [-0.2, 0) is 6.54 Å². The summed E-state index contributed by atoms with van der Waals surface area (Å²) in [5.74, 6) is 0. The quantitative estimate of drug-likeness (QED) is 0.827. The lowest BCUT2D eigenvalue weighted by Gasteiger charge is -2.31. The van der Waals surface area contributed by atoms with Crippen LogP contribution in [0.25, 0.3) is 0 Å². The van der Waals surface area contributed by atoms with Gasteiger partial charge in [-0.3, -0.25) is 4.90 Å². The van der Waals surface area contributed by atoms with Crippen LogP contribution in [0.5, 0.6) is 0 Å². The SMILES string of the molecule is CCCN(Cc1sc(C)nc1C)CC(C)(C)CN. The van der Waals surface area contributed by atoms with Gasteiger partial charge in [0.15, 0.2) is 0 Å². The first-order valence-corrected chi connectivity index (χ1v) is 7.55. The number of aryl methyl sites for hydroxylation is 2. The molecule has 0 saturated carbocycles. The zero-order valence-electron chi connectivity index (χ0n) is 12.4. The Labute approximate surface area is 115 Å². The van der Waals surface area contributed by atoms with Crippen LogP contribution in [0.4, 0.5) is 0 Å². The fourth-order valence-electron chi connectivity index (χ4n) is 2.12. The number of aromatic nitrogens is 1. The number of nitrogens with zero attached hydrogens (tertiary/aromatic N) is 2. The fraction of sp³-hybridized carbons (Fsp3) is 0.786. The molecule has 1 aromatic rings. The van der Waals surface area contributed by atoms with Crippen molar-refractivity contribution in [2.75, 3.05) is 19.6 Å². The van der Waals surface area contributed by atoms with Crippen molar-refractivity contribution in [1.82, 2.24) is 9.88 Å². The van der Waals surface area contributed by atoms with Crippen molar-refractivity contribution in [1.29, 1.82) is 0 Å². The number of hydrogen-bond donors (Lipinski definition) is 1. The molecule has 104 valence electrons. The van der Waals surface area contributed by atoms with Crippen molar-refractivity contribution < 1.29 is 0 Å². The average molecular weight is 269 g/mol. The third-order valence-electron chi connectivity index (χ3n) is 3.11. The summed E-state index contributed by atoms with van der Waals surface area (Å²) in [5, 5.41) is 1.16. The van der Waals surface area contributed by atoms with E-state index in [2.05, 4.69) is 44.5 Å². The Morgan fingerprint density at radius 3 is 2.44 bits per heavy atom. The molecule has 0 unspecified atom stereocenters. The van der Waals surface area contributed by atoms with Gasteiger partial charge in [-0.1, -0.05) is 20.8 Å². The van der Waals surface area contributed by atoms with Gasteiger partial charge < -0.3 is 5.73 Å². The van der Waals surface area contributed by atoms with E-state index in [4.69, 9.17) is 5.73 Å². The van der Waals surface area contributed by atoms with Gasteiger partial charge in [0, 0.05) is 18.0 Å². The molecule has 1 aromatic heterocycles. The van der Waals surface area contributed by atoms with Crippen molar-refractivity contribution in [3.63, 3.8) is 0 Å². The second-order valence-corrected chi connectivity index (χ2v) is 7.11. The van der Waals surface area contributed by atoms with E-state index in [0.717, 1.165) is 31.2 Å². The average Bonchev–Trinajstić information content (AvgIpc) is 2.57. The first-order chi connectivity index (χ1) is 8.38. The Balaban J connectivity index is 2.71. The Bertz CT molecular complexity index is 371. The topological polar surface area (TPSA) is 42.2 Å². The molecule has 0 radical (unpaired) electrons. The van der Waals surface area contributed by atoms with Crippen LogP contribution in [0, 0.1) is 19.3 Å². The minimum atomic E-state index is 0.183. The molecule has 0 bridgehead atoms. The summed E-state index contributed by atoms with van der Waals surface area (Å²) < 4.78 is 0. The van der Waals surface area contributed by atoms with Crippen LogP contribution in [-0.4, -0.2) is 29.5 Å². The largest absolute Gasteiger partial charge is 0.330 e. The third kappa shape index (κ3) is 4.67. The van der Waals surface area contributed by atoms with Crippen molar-refractivity contribution in [2.24, 2.45) is 11.1 Å². The molecule has 0 aliphatic carbocycles. The second-order valence-electron chi connectivity index (χ2n) is 5.82. The highest BCUT2D eigenvalue weighted by molar-refractivity contribution is 7.11. The van der Waals surface area contributed by atoms with Crippen molar-refractivity contribution in [3.8, 4) is 0 Å². The van der Waals surface area contributed by atoms with Gasteiger partial charge in [0.25, 0.3) is 0 Å². The summed E-state index contributed by atoms with van der Waals surface area (Å²) in [6, 6.07) is 0. The van der Waals surface area contributed by atoms with Crippen LogP contribution in [0.15, 0.2) is 0 Å². The van der Waals surface area contributed by atoms with Crippen LogP contribution < -0.4 is 5.73 Å². The molecule has 0 aliphatic heterocycles. The highest BCUT2D eigenvalue weighted by Gasteiger charge is 2.21. The molecule has 18 heavy (non-hydrogen) atoms. The van der Waals surface area contributed by atoms with E-state index in [1.165, 1.54) is 17.0 Å². The van der Waals surface area contributed by atoms with E-state index in [1.54, 1.807) is 0 Å². The Hall–Kier alpha value is -0.450. The van der Waals surface area contributed by atoms with E-state index in [9.17, 15) is 0 Å². The van der Waals surface area contributed by atoms with Gasteiger partial charge in [0.2, 0.25) is 0 Å². The third-order valence-corrected chi connectivity index (χ3v) is 4.17. The predicted octanol–water partition coefficient (Wildman–Crippen LogP) is 2.96. The molecule has 0 aromatic carbocycles. The lowest BCUT2D eigenvalue weighted by molar-refractivity contribution is 0.177. The molecule has 0 aliphatic rings. The number of nitrogens with two attached hydrogens (primary N) is 1. The van der Waals surface area contributed by atoms with E-state index < -0.39 is 0 Å². The zero-order chi connectivity index (χ0) is 13.8. The van der Waals surface area contributed by atoms with Crippen LogP contribution in [0.1, 0.15) is 42.8 Å². The van der Waals surface area contributed by atoms with Crippen LogP contribution >= 0.6 is 11.3 Å². The first kappa shape index (κ1) is 15.6. The highest BCUT2D eigenvalue weighted by Crippen LogP contribution is 2.22. The van der Waals surface area contributed by atoms with Crippen LogP contribution in [0.2, 0.25) is 0 Å². The van der Waals surface area contributed by atoms with E-state index >= 15 is 0 Å². The summed E-state index contributed by atoms with van der Waals surface area (Å²) in [4.78, 5) is 8.41. The minimum Gasteiger partial charge on any atom is -0.330 e. The smallest absolute Gasteiger partial charge is 0.0900 e. The molecule has 4 heteroatoms. The zero-order valence-corrected chi connectivity index (χ0v) is 13.2. The van der Waals surface area contributed by atoms with Crippen molar-refractivity contribution >= 4 is 11.3 Å². The van der Waals surface area contributed by atoms with E-state index in [1.807, 2.05) is 11.3 Å². The van der Waals surface area contributed by atoms with Gasteiger partial charge in [0.05, 0.1) is 10.7 Å². The van der Waals surface area contributed by atoms with Gasteiger partial charge in [-0.2, -0.15) is 0 Å². The summed E-state index contributed by atoms with van der Waals surface area (Å²) in [6.45, 7) is 14.8. The van der Waals surface area contributed by atoms with Gasteiger partial charge in [-0.25, -0.2) is 4.98 Å². The van der Waals surface area contributed by atoms with Crippen molar-refractivity contribution in [3.05, 3.63) is 15.6 Å². The molecule has 2 N–H and O–H groups in total. The monoisotopic (exact) mass is 269 g/mol. The van der Waals surface area contributed by atoms with Gasteiger partial charge in [0.1, 0.15) is 0 Å². The maximum absolute atomic E-state index is 5.84. The van der Waals surface area contributed by atoms with Gasteiger partial charge >= 0.3 is 0 Å². The summed E-state index contributed by atoms with van der Waals surface area (Å²) in [5.41, 5.74) is 7.21. The van der Waals surface area contributed by atoms with E-state index in [-0.39, 0.29) is 5.41 Å². The molecular formula is C14H27N3S. The molecule has 1 rings (SSSR count). The molecule has 1 heterocycles. The standard InChI is InChI=1S/C14H27N3S/c1-6-7-17(10-14(4,5)9-15)8-13-11(2)16-12(3)18-13/h6-10,15H2,1-5H3. The maximum atomic E-state index is 5.84. The molecular weight excluding hydrogens is 242 g/mol. The molecule has 3 nitrogen and oxygen atoms in total. The number of hydrogen-bond acceptors (Lipinski definition) is 4. The van der Waals surface area contributed by atoms with E-state index in [0.29, 0.717) is 0 Å². The Morgan fingerprint density at radius 2 is 2.00 bits per heavy atom. The summed E-state index contributed by atoms with van der Waals surface area (Å²) in [6.07, 6.45) is 1.18. The molecule has 0 spiro atoms. The predicted molar refractivity (Wildman–Crippen MR) is 80.0 cm³/mol. The Kier molecular flexibility index (Phi) is 5.76. The van der Waals surface area contributed by atoms with Gasteiger partial charge in [-0.15, -0.1) is 11.3 Å². The number of thiazole rings is 1. The minimum absolute atomic E-state index is 0.183. The normalized spacial score (nSPS) is 12.4. The fourth-order valence-corrected chi connectivity index (χ4v) is 3.10. The number of rotatable bonds is 7. The lowest BCUT2D eigenvalue weighted by atomic mass is 9.93. The van der Waals surface area contributed by atoms with Gasteiger partial charge in [-0.05, 0) is 38.8 Å². The molecule has 0 saturated heterocycles. The summed E-state index contributed by atoms with van der Waals surface area (Å²) >= 11 is 1.82. The Morgan fingerprint density at radius 1 is 1.33 bits per heavy atom. The maximum Gasteiger partial charge on any atom is 0.0900 e. The molecule has 0 amide bonds. The lowest BCUT2D eigenvalue weighted by Crippen LogP contribution is -2.38.